The van der Waals surface area contributed by atoms with Gasteiger partial charge in [0.25, 0.3) is 0 Å². The average molecular weight is 427 g/mol. The van der Waals surface area contributed by atoms with Crippen molar-refractivity contribution in [1.82, 2.24) is 24.3 Å². The molecular formula is C21H26N6O2S. The molecular weight excluding hydrogens is 400 g/mol. The Morgan fingerprint density at radius 3 is 2.10 bits per heavy atom. The Balaban J connectivity index is 1.47. The molecule has 2 aromatic heterocycles. The molecule has 3 heterocycles. The van der Waals surface area contributed by atoms with E-state index in [0.29, 0.717) is 36.9 Å². The Morgan fingerprint density at radius 2 is 1.50 bits per heavy atom. The standard InChI is InChI=1S/C21H26N6O2S/c1-15-5-6-16(2)19(13-15)30(28,29)26-11-9-25(10-12-26)20-7-8-21(23-22-20)27-18(4)14-17(3)24-27/h5-8,13-14H,9-12H2,1-4H3. The van der Waals surface area contributed by atoms with E-state index in [2.05, 4.69) is 20.2 Å². The largest absolute Gasteiger partial charge is 0.352 e. The Labute approximate surface area is 177 Å². The van der Waals surface area contributed by atoms with Gasteiger partial charge >= 0.3 is 0 Å². The number of hydrogen-bond donors (Lipinski definition) is 0. The second-order valence-electron chi connectivity index (χ2n) is 7.75. The van der Waals surface area contributed by atoms with E-state index < -0.39 is 10.0 Å². The maximum Gasteiger partial charge on any atom is 0.243 e. The zero-order valence-electron chi connectivity index (χ0n) is 17.7. The maximum absolute atomic E-state index is 13.1. The van der Waals surface area contributed by atoms with E-state index in [1.54, 1.807) is 15.1 Å². The molecule has 30 heavy (non-hydrogen) atoms. The molecule has 158 valence electrons. The Kier molecular flexibility index (Phi) is 5.33. The summed E-state index contributed by atoms with van der Waals surface area (Å²) in [5.41, 5.74) is 3.64. The number of anilines is 1. The summed E-state index contributed by atoms with van der Waals surface area (Å²) in [6, 6.07) is 11.3. The lowest BCUT2D eigenvalue weighted by atomic mass is 10.2. The molecule has 9 heteroatoms. The first-order valence-electron chi connectivity index (χ1n) is 9.95. The van der Waals surface area contributed by atoms with Crippen molar-refractivity contribution in [2.24, 2.45) is 0 Å². The highest BCUT2D eigenvalue weighted by Gasteiger charge is 2.30. The molecule has 0 bridgehead atoms. The number of nitrogens with zero attached hydrogens (tertiary/aromatic N) is 6. The lowest BCUT2D eigenvalue weighted by molar-refractivity contribution is 0.383. The lowest BCUT2D eigenvalue weighted by Crippen LogP contribution is -2.49. The second-order valence-corrected chi connectivity index (χ2v) is 9.66. The van der Waals surface area contributed by atoms with Crippen LogP contribution in [0.3, 0.4) is 0 Å². The van der Waals surface area contributed by atoms with Gasteiger partial charge in [-0.2, -0.15) is 9.40 Å². The summed E-state index contributed by atoms with van der Waals surface area (Å²) < 4.78 is 29.5. The third-order valence-corrected chi connectivity index (χ3v) is 7.43. The molecule has 8 nitrogen and oxygen atoms in total. The molecule has 0 N–H and O–H groups in total. The molecule has 0 spiro atoms. The minimum absolute atomic E-state index is 0.394. The van der Waals surface area contributed by atoms with Crippen LogP contribution in [-0.4, -0.2) is 58.9 Å². The van der Waals surface area contributed by atoms with Crippen molar-refractivity contribution < 1.29 is 8.42 Å². The van der Waals surface area contributed by atoms with E-state index in [1.807, 2.05) is 58.0 Å². The number of hydrogen-bond acceptors (Lipinski definition) is 6. The molecule has 0 atom stereocenters. The number of piperazine rings is 1. The van der Waals surface area contributed by atoms with E-state index >= 15 is 0 Å². The summed E-state index contributed by atoms with van der Waals surface area (Å²) in [5.74, 6) is 1.41. The molecule has 1 aromatic carbocycles. The van der Waals surface area contributed by atoms with Gasteiger partial charge in [0.1, 0.15) is 0 Å². The van der Waals surface area contributed by atoms with Crippen LogP contribution in [0, 0.1) is 27.7 Å². The van der Waals surface area contributed by atoms with Crippen LogP contribution < -0.4 is 4.90 Å². The Hall–Kier alpha value is -2.78. The van der Waals surface area contributed by atoms with Crippen LogP contribution in [0.2, 0.25) is 0 Å². The fraction of sp³-hybridized carbons (Fsp3) is 0.381. The van der Waals surface area contributed by atoms with Gasteiger partial charge < -0.3 is 4.90 Å². The molecule has 0 saturated carbocycles. The first-order valence-corrected chi connectivity index (χ1v) is 11.4. The first kappa shape index (κ1) is 20.5. The SMILES string of the molecule is Cc1ccc(C)c(S(=O)(=O)N2CCN(c3ccc(-n4nc(C)cc4C)nn3)CC2)c1. The number of rotatable bonds is 4. The summed E-state index contributed by atoms with van der Waals surface area (Å²) in [4.78, 5) is 2.46. The summed E-state index contributed by atoms with van der Waals surface area (Å²) in [7, 11) is -3.51. The van der Waals surface area contributed by atoms with Gasteiger partial charge in [-0.05, 0) is 63.1 Å². The van der Waals surface area contributed by atoms with Crippen LogP contribution in [0.15, 0.2) is 41.3 Å². The average Bonchev–Trinajstić information content (AvgIpc) is 3.08. The molecule has 0 unspecified atom stereocenters. The van der Waals surface area contributed by atoms with Crippen LogP contribution in [0.25, 0.3) is 5.82 Å². The van der Waals surface area contributed by atoms with Gasteiger partial charge in [0, 0.05) is 31.9 Å². The van der Waals surface area contributed by atoms with Crippen LogP contribution in [0.5, 0.6) is 0 Å². The highest BCUT2D eigenvalue weighted by atomic mass is 32.2. The third-order valence-electron chi connectivity index (χ3n) is 5.39. The minimum atomic E-state index is -3.51. The van der Waals surface area contributed by atoms with Gasteiger partial charge in [-0.15, -0.1) is 10.2 Å². The lowest BCUT2D eigenvalue weighted by Gasteiger charge is -2.34. The zero-order chi connectivity index (χ0) is 21.5. The van der Waals surface area contributed by atoms with Crippen molar-refractivity contribution in [2.45, 2.75) is 32.6 Å². The fourth-order valence-corrected chi connectivity index (χ4v) is 5.47. The monoisotopic (exact) mass is 426 g/mol. The minimum Gasteiger partial charge on any atom is -0.352 e. The zero-order valence-corrected chi connectivity index (χ0v) is 18.5. The topological polar surface area (TPSA) is 84.2 Å². The number of aryl methyl sites for hydroxylation is 4. The molecule has 4 rings (SSSR count). The van der Waals surface area contributed by atoms with Gasteiger partial charge in [0.05, 0.1) is 10.6 Å². The van der Waals surface area contributed by atoms with Crippen molar-refractivity contribution >= 4 is 15.8 Å². The highest BCUT2D eigenvalue weighted by Crippen LogP contribution is 2.23. The third kappa shape index (κ3) is 3.82. The Bertz CT molecular complexity index is 1160. The fourth-order valence-electron chi connectivity index (χ4n) is 3.74. The summed E-state index contributed by atoms with van der Waals surface area (Å²) in [6.45, 7) is 9.62. The predicted octanol–water partition coefficient (Wildman–Crippen LogP) is 2.41. The van der Waals surface area contributed by atoms with Crippen LogP contribution in [0.4, 0.5) is 5.82 Å². The van der Waals surface area contributed by atoms with E-state index in [9.17, 15) is 8.42 Å². The van der Waals surface area contributed by atoms with E-state index in [0.717, 1.165) is 28.3 Å². The van der Waals surface area contributed by atoms with Crippen molar-refractivity contribution in [3.63, 3.8) is 0 Å². The van der Waals surface area contributed by atoms with E-state index in [4.69, 9.17) is 0 Å². The first-order chi connectivity index (χ1) is 14.3. The number of sulfonamides is 1. The van der Waals surface area contributed by atoms with Crippen LogP contribution >= 0.6 is 0 Å². The predicted molar refractivity (Wildman–Crippen MR) is 116 cm³/mol. The molecule has 1 fully saturated rings. The van der Waals surface area contributed by atoms with Gasteiger partial charge in [0.2, 0.25) is 10.0 Å². The molecule has 0 aliphatic carbocycles. The molecule has 1 saturated heterocycles. The molecule has 3 aromatic rings. The van der Waals surface area contributed by atoms with Gasteiger partial charge in [-0.1, -0.05) is 12.1 Å². The van der Waals surface area contributed by atoms with Crippen molar-refractivity contribution in [2.75, 3.05) is 31.1 Å². The van der Waals surface area contributed by atoms with Crippen molar-refractivity contribution in [1.29, 1.82) is 0 Å². The number of benzene rings is 1. The molecule has 1 aliphatic heterocycles. The molecule has 0 radical (unpaired) electrons. The van der Waals surface area contributed by atoms with Crippen LogP contribution in [-0.2, 0) is 10.0 Å². The van der Waals surface area contributed by atoms with E-state index in [1.165, 1.54) is 0 Å². The summed E-state index contributed by atoms with van der Waals surface area (Å²) in [5, 5.41) is 13.1. The highest BCUT2D eigenvalue weighted by molar-refractivity contribution is 7.89. The summed E-state index contributed by atoms with van der Waals surface area (Å²) in [6.07, 6.45) is 0. The molecule has 0 amide bonds. The van der Waals surface area contributed by atoms with Crippen LogP contribution in [0.1, 0.15) is 22.5 Å². The Morgan fingerprint density at radius 1 is 0.833 bits per heavy atom. The normalized spacial score (nSPS) is 15.5. The van der Waals surface area contributed by atoms with E-state index in [-0.39, 0.29) is 0 Å². The van der Waals surface area contributed by atoms with Crippen molar-refractivity contribution in [3.05, 3.63) is 58.9 Å². The maximum atomic E-state index is 13.1. The van der Waals surface area contributed by atoms with Crippen molar-refractivity contribution in [3.8, 4) is 5.82 Å². The summed E-state index contributed by atoms with van der Waals surface area (Å²) >= 11 is 0. The molecule has 1 aliphatic rings. The number of aromatic nitrogens is 4. The second kappa shape index (κ2) is 7.81. The smallest absolute Gasteiger partial charge is 0.243 e. The van der Waals surface area contributed by atoms with Gasteiger partial charge in [0.15, 0.2) is 11.6 Å². The van der Waals surface area contributed by atoms with Gasteiger partial charge in [-0.25, -0.2) is 13.1 Å². The van der Waals surface area contributed by atoms with Gasteiger partial charge in [-0.3, -0.25) is 0 Å². The quantitative estimate of drug-likeness (QED) is 0.637.